The number of hydrogen-bond donors (Lipinski definition) is 3. The van der Waals surface area contributed by atoms with Crippen molar-refractivity contribution in [1.29, 1.82) is 0 Å². The summed E-state index contributed by atoms with van der Waals surface area (Å²) in [6.45, 7) is 0.339. The predicted octanol–water partition coefficient (Wildman–Crippen LogP) is 0.269. The van der Waals surface area contributed by atoms with Gasteiger partial charge in [0, 0.05) is 6.54 Å². The molecule has 11 heteroatoms. The molecule has 2 rings (SSSR count). The molecule has 23 heavy (non-hydrogen) atoms. The highest BCUT2D eigenvalue weighted by Crippen LogP contribution is 2.26. The van der Waals surface area contributed by atoms with Crippen molar-refractivity contribution in [2.45, 2.75) is 11.3 Å². The van der Waals surface area contributed by atoms with Gasteiger partial charge < -0.3 is 11.1 Å². The molecule has 0 radical (unpaired) electrons. The van der Waals surface area contributed by atoms with E-state index in [0.29, 0.717) is 13.0 Å². The third-order valence-corrected chi connectivity index (χ3v) is 3.92. The molecule has 1 aromatic heterocycles. The van der Waals surface area contributed by atoms with Gasteiger partial charge in [-0.2, -0.15) is 0 Å². The number of primary sulfonamides is 1. The van der Waals surface area contributed by atoms with Gasteiger partial charge in [-0.15, -0.1) is 0 Å². The van der Waals surface area contributed by atoms with Crippen LogP contribution in [0.25, 0.3) is 0 Å². The first-order valence-corrected chi connectivity index (χ1v) is 7.94. The van der Waals surface area contributed by atoms with Crippen LogP contribution in [0.4, 0.5) is 17.3 Å². The number of aromatic nitrogens is 2. The molecule has 0 unspecified atom stereocenters. The van der Waals surface area contributed by atoms with Gasteiger partial charge >= 0.3 is 5.69 Å². The van der Waals surface area contributed by atoms with E-state index in [1.54, 1.807) is 12.1 Å². The molecule has 0 fully saturated rings. The largest absolute Gasteiger partial charge is 0.378 e. The lowest BCUT2D eigenvalue weighted by Gasteiger charge is -2.07. The molecule has 0 aliphatic heterocycles. The second-order valence-corrected chi connectivity index (χ2v) is 6.14. The van der Waals surface area contributed by atoms with E-state index in [1.165, 1.54) is 12.1 Å². The Morgan fingerprint density at radius 3 is 2.43 bits per heavy atom. The summed E-state index contributed by atoms with van der Waals surface area (Å²) in [7, 11) is -3.72. The Labute approximate surface area is 131 Å². The Morgan fingerprint density at radius 1 is 1.22 bits per heavy atom. The van der Waals surface area contributed by atoms with Gasteiger partial charge in [0.2, 0.25) is 21.7 Å². The van der Waals surface area contributed by atoms with Crippen LogP contribution < -0.4 is 16.2 Å². The summed E-state index contributed by atoms with van der Waals surface area (Å²) in [6.07, 6.45) is 1.62. The number of nitrogens with two attached hydrogens (primary N) is 2. The smallest absolute Gasteiger partial charge is 0.352 e. The lowest BCUT2D eigenvalue weighted by atomic mass is 10.1. The Kier molecular flexibility index (Phi) is 4.71. The first-order valence-electron chi connectivity index (χ1n) is 6.39. The van der Waals surface area contributed by atoms with E-state index < -0.39 is 14.9 Å². The van der Waals surface area contributed by atoms with Crippen LogP contribution in [-0.4, -0.2) is 29.9 Å². The quantitative estimate of drug-likeness (QED) is 0.498. The maximum Gasteiger partial charge on any atom is 0.352 e. The minimum absolute atomic E-state index is 0.0217. The third kappa shape index (κ3) is 4.11. The first kappa shape index (κ1) is 16.6. The second-order valence-electron chi connectivity index (χ2n) is 4.58. The summed E-state index contributed by atoms with van der Waals surface area (Å²) in [4.78, 5) is 17.7. The lowest BCUT2D eigenvalue weighted by molar-refractivity contribution is -0.383. The van der Waals surface area contributed by atoms with Crippen molar-refractivity contribution in [3.63, 3.8) is 0 Å². The van der Waals surface area contributed by atoms with Crippen LogP contribution in [0.15, 0.2) is 35.5 Å². The molecule has 5 N–H and O–H groups in total. The van der Waals surface area contributed by atoms with E-state index in [-0.39, 0.29) is 22.2 Å². The van der Waals surface area contributed by atoms with Gasteiger partial charge in [-0.3, -0.25) is 10.1 Å². The van der Waals surface area contributed by atoms with Gasteiger partial charge in [0.1, 0.15) is 6.33 Å². The number of anilines is 2. The standard InChI is InChI=1S/C12H14N6O4S/c13-11-10(18(19)20)12(17-7-16-11)15-6-5-8-1-3-9(4-2-8)23(14,21)22/h1-4,7H,5-6H2,(H2,14,21,22)(H3,13,15,16,17). The van der Waals surface area contributed by atoms with Crippen LogP contribution in [-0.2, 0) is 16.4 Å². The highest BCUT2D eigenvalue weighted by Gasteiger charge is 2.20. The molecular formula is C12H14N6O4S. The molecule has 0 saturated heterocycles. The molecule has 0 amide bonds. The lowest BCUT2D eigenvalue weighted by Crippen LogP contribution is -2.12. The molecule has 1 aromatic carbocycles. The molecule has 0 spiro atoms. The fourth-order valence-corrected chi connectivity index (χ4v) is 2.39. The van der Waals surface area contributed by atoms with Gasteiger partial charge in [-0.05, 0) is 24.1 Å². The number of nitro groups is 1. The van der Waals surface area contributed by atoms with Crippen LogP contribution in [0.5, 0.6) is 0 Å². The van der Waals surface area contributed by atoms with Crippen LogP contribution in [0, 0.1) is 10.1 Å². The summed E-state index contributed by atoms with van der Waals surface area (Å²) in [5.41, 5.74) is 5.91. The zero-order chi connectivity index (χ0) is 17.0. The minimum Gasteiger partial charge on any atom is -0.378 e. The Bertz CT molecular complexity index is 822. The Morgan fingerprint density at radius 2 is 1.87 bits per heavy atom. The SMILES string of the molecule is Nc1ncnc(NCCc2ccc(S(N)(=O)=O)cc2)c1[N+](=O)[O-]. The number of nitrogens with zero attached hydrogens (tertiary/aromatic N) is 3. The van der Waals surface area contributed by atoms with Gasteiger partial charge in [-0.25, -0.2) is 23.5 Å². The molecule has 0 aliphatic carbocycles. The second kappa shape index (κ2) is 6.54. The van der Waals surface area contributed by atoms with Crippen LogP contribution >= 0.6 is 0 Å². The summed E-state index contributed by atoms with van der Waals surface area (Å²) < 4.78 is 22.3. The van der Waals surface area contributed by atoms with Crippen molar-refractivity contribution < 1.29 is 13.3 Å². The molecule has 0 bridgehead atoms. The van der Waals surface area contributed by atoms with E-state index >= 15 is 0 Å². The van der Waals surface area contributed by atoms with Crippen molar-refractivity contribution in [2.75, 3.05) is 17.6 Å². The van der Waals surface area contributed by atoms with Crippen molar-refractivity contribution in [2.24, 2.45) is 5.14 Å². The van der Waals surface area contributed by atoms with Gasteiger partial charge in [0.25, 0.3) is 0 Å². The Balaban J connectivity index is 2.03. The third-order valence-electron chi connectivity index (χ3n) is 2.99. The average molecular weight is 338 g/mol. The fourth-order valence-electron chi connectivity index (χ4n) is 1.87. The van der Waals surface area contributed by atoms with Crippen molar-refractivity contribution in [1.82, 2.24) is 9.97 Å². The molecule has 10 nitrogen and oxygen atoms in total. The van der Waals surface area contributed by atoms with E-state index in [1.807, 2.05) is 0 Å². The fraction of sp³-hybridized carbons (Fsp3) is 0.167. The summed E-state index contributed by atoms with van der Waals surface area (Å²) in [5, 5.41) is 18.8. The summed E-state index contributed by atoms with van der Waals surface area (Å²) in [5.74, 6) is -0.186. The molecule has 0 atom stereocenters. The van der Waals surface area contributed by atoms with Crippen LogP contribution in [0.2, 0.25) is 0 Å². The predicted molar refractivity (Wildman–Crippen MR) is 83.1 cm³/mol. The highest BCUT2D eigenvalue weighted by atomic mass is 32.2. The maximum absolute atomic E-state index is 11.2. The minimum atomic E-state index is -3.72. The molecule has 0 saturated carbocycles. The summed E-state index contributed by atoms with van der Waals surface area (Å²) >= 11 is 0. The zero-order valence-corrected chi connectivity index (χ0v) is 12.7. The number of nitrogens with one attached hydrogen (secondary N) is 1. The molecule has 1 heterocycles. The van der Waals surface area contributed by atoms with Gasteiger partial charge in [0.15, 0.2) is 0 Å². The normalized spacial score (nSPS) is 11.2. The van der Waals surface area contributed by atoms with Crippen molar-refractivity contribution >= 4 is 27.3 Å². The van der Waals surface area contributed by atoms with E-state index in [2.05, 4.69) is 15.3 Å². The number of rotatable bonds is 6. The van der Waals surface area contributed by atoms with E-state index in [9.17, 15) is 18.5 Å². The van der Waals surface area contributed by atoms with Crippen LogP contribution in [0.1, 0.15) is 5.56 Å². The van der Waals surface area contributed by atoms with Crippen molar-refractivity contribution in [3.8, 4) is 0 Å². The van der Waals surface area contributed by atoms with Crippen molar-refractivity contribution in [3.05, 3.63) is 46.3 Å². The zero-order valence-electron chi connectivity index (χ0n) is 11.8. The number of hydrogen-bond acceptors (Lipinski definition) is 8. The number of nitrogen functional groups attached to an aromatic ring is 1. The monoisotopic (exact) mass is 338 g/mol. The Hall–Kier alpha value is -2.79. The molecule has 2 aromatic rings. The number of sulfonamides is 1. The van der Waals surface area contributed by atoms with E-state index in [4.69, 9.17) is 10.9 Å². The molecule has 0 aliphatic rings. The number of benzene rings is 1. The average Bonchev–Trinajstić information content (AvgIpc) is 2.46. The highest BCUT2D eigenvalue weighted by molar-refractivity contribution is 7.89. The van der Waals surface area contributed by atoms with Crippen LogP contribution in [0.3, 0.4) is 0 Å². The van der Waals surface area contributed by atoms with E-state index in [0.717, 1.165) is 11.9 Å². The molecule has 122 valence electrons. The molecular weight excluding hydrogens is 324 g/mol. The first-order chi connectivity index (χ1) is 10.8. The topological polar surface area (TPSA) is 167 Å². The van der Waals surface area contributed by atoms with Gasteiger partial charge in [-0.1, -0.05) is 12.1 Å². The maximum atomic E-state index is 11.2. The van der Waals surface area contributed by atoms with Gasteiger partial charge in [0.05, 0.1) is 9.82 Å². The summed E-state index contributed by atoms with van der Waals surface area (Å²) in [6, 6.07) is 6.03.